The fraction of sp³-hybridized carbons (Fsp3) is 0.800. The zero-order valence-corrected chi connectivity index (χ0v) is 8.27. The third kappa shape index (κ3) is 2.63. The Kier molecular flexibility index (Phi) is 4.24. The van der Waals surface area contributed by atoms with E-state index in [9.17, 15) is 9.59 Å². The topological polar surface area (TPSA) is 58.9 Å². The number of hydrogen-bond acceptors (Lipinski definition) is 4. The lowest BCUT2D eigenvalue weighted by Crippen LogP contribution is -2.30. The molecule has 0 aromatic carbocycles. The highest BCUT2D eigenvalue weighted by molar-refractivity contribution is 5.35. The maximum absolute atomic E-state index is 10.2. The number of aliphatic imine (C=N–C) groups is 2. The molecule has 14 heavy (non-hydrogen) atoms. The molecule has 4 heteroatoms. The van der Waals surface area contributed by atoms with E-state index in [0.29, 0.717) is 0 Å². The summed E-state index contributed by atoms with van der Waals surface area (Å²) in [5.74, 6) is 0.201. The Morgan fingerprint density at radius 2 is 1.93 bits per heavy atom. The van der Waals surface area contributed by atoms with Crippen LogP contribution in [0.15, 0.2) is 9.98 Å². The molecule has 1 aliphatic carbocycles. The SMILES string of the molecule is CC(N=C=O)C1CCCCC1N=C=O. The fourth-order valence-corrected chi connectivity index (χ4v) is 2.11. The highest BCUT2D eigenvalue weighted by Crippen LogP contribution is 2.30. The largest absolute Gasteiger partial charge is 0.235 e. The Balaban J connectivity index is 2.70. The molecule has 1 saturated carbocycles. The van der Waals surface area contributed by atoms with Crippen molar-refractivity contribution < 1.29 is 9.59 Å². The number of nitrogens with zero attached hydrogens (tertiary/aromatic N) is 2. The summed E-state index contributed by atoms with van der Waals surface area (Å²) in [5, 5.41) is 0. The molecule has 0 amide bonds. The van der Waals surface area contributed by atoms with Crippen molar-refractivity contribution in [1.82, 2.24) is 0 Å². The minimum Gasteiger partial charge on any atom is -0.211 e. The van der Waals surface area contributed by atoms with Crippen molar-refractivity contribution in [2.24, 2.45) is 15.9 Å². The first kappa shape index (κ1) is 10.8. The van der Waals surface area contributed by atoms with Crippen LogP contribution in [0.25, 0.3) is 0 Å². The molecule has 1 fully saturated rings. The van der Waals surface area contributed by atoms with E-state index in [4.69, 9.17) is 0 Å². The van der Waals surface area contributed by atoms with E-state index in [2.05, 4.69) is 9.98 Å². The van der Waals surface area contributed by atoms with Gasteiger partial charge in [0.05, 0.1) is 12.1 Å². The van der Waals surface area contributed by atoms with Gasteiger partial charge in [0, 0.05) is 5.92 Å². The first-order chi connectivity index (χ1) is 6.79. The number of carbonyl (C=O) groups excluding carboxylic acids is 2. The van der Waals surface area contributed by atoms with Crippen LogP contribution in [0.2, 0.25) is 0 Å². The summed E-state index contributed by atoms with van der Waals surface area (Å²) in [7, 11) is 0. The highest BCUT2D eigenvalue weighted by atomic mass is 16.1. The van der Waals surface area contributed by atoms with Crippen molar-refractivity contribution in [2.45, 2.75) is 44.7 Å². The van der Waals surface area contributed by atoms with Gasteiger partial charge in [-0.25, -0.2) is 19.6 Å². The fourth-order valence-electron chi connectivity index (χ4n) is 2.11. The predicted octanol–water partition coefficient (Wildman–Crippen LogP) is 1.61. The lowest BCUT2D eigenvalue weighted by molar-refractivity contribution is 0.274. The summed E-state index contributed by atoms with van der Waals surface area (Å²) in [4.78, 5) is 27.8. The first-order valence-electron chi connectivity index (χ1n) is 4.93. The van der Waals surface area contributed by atoms with Gasteiger partial charge in [-0.15, -0.1) is 0 Å². The summed E-state index contributed by atoms with van der Waals surface area (Å²) in [5.41, 5.74) is 0. The highest BCUT2D eigenvalue weighted by Gasteiger charge is 2.29. The Hall–Kier alpha value is -1.24. The van der Waals surface area contributed by atoms with Crippen molar-refractivity contribution in [2.75, 3.05) is 0 Å². The minimum absolute atomic E-state index is 0.00616. The Labute approximate surface area is 83.1 Å². The Morgan fingerprint density at radius 1 is 1.21 bits per heavy atom. The monoisotopic (exact) mass is 194 g/mol. The Morgan fingerprint density at radius 3 is 2.57 bits per heavy atom. The summed E-state index contributed by atoms with van der Waals surface area (Å²) >= 11 is 0. The second-order valence-electron chi connectivity index (χ2n) is 3.70. The molecule has 1 aliphatic rings. The van der Waals surface area contributed by atoms with Crippen LogP contribution in [-0.2, 0) is 9.59 Å². The van der Waals surface area contributed by atoms with Crippen LogP contribution >= 0.6 is 0 Å². The molecule has 3 atom stereocenters. The van der Waals surface area contributed by atoms with Crippen molar-refractivity contribution in [3.05, 3.63) is 0 Å². The van der Waals surface area contributed by atoms with E-state index in [0.717, 1.165) is 25.7 Å². The standard InChI is InChI=1S/C10H14N2O2/c1-8(11-6-13)9-4-2-3-5-10(9)12-7-14/h8-10H,2-5H2,1H3. The van der Waals surface area contributed by atoms with Crippen molar-refractivity contribution >= 4 is 12.2 Å². The molecular formula is C10H14N2O2. The molecule has 0 N–H and O–H groups in total. The van der Waals surface area contributed by atoms with Gasteiger partial charge in [0.2, 0.25) is 12.2 Å². The van der Waals surface area contributed by atoms with Crippen molar-refractivity contribution in [3.63, 3.8) is 0 Å². The van der Waals surface area contributed by atoms with Crippen LogP contribution in [0.4, 0.5) is 0 Å². The average Bonchev–Trinajstić information content (AvgIpc) is 2.19. The zero-order valence-electron chi connectivity index (χ0n) is 8.27. The van der Waals surface area contributed by atoms with E-state index in [1.165, 1.54) is 0 Å². The van der Waals surface area contributed by atoms with Gasteiger partial charge in [-0.3, -0.25) is 0 Å². The Bertz CT molecular complexity index is 278. The lowest BCUT2D eigenvalue weighted by atomic mass is 9.81. The zero-order chi connectivity index (χ0) is 10.4. The molecule has 0 radical (unpaired) electrons. The van der Waals surface area contributed by atoms with Crippen LogP contribution in [0.3, 0.4) is 0 Å². The van der Waals surface area contributed by atoms with E-state index < -0.39 is 0 Å². The molecule has 0 heterocycles. The molecule has 3 unspecified atom stereocenters. The number of rotatable bonds is 3. The van der Waals surface area contributed by atoms with Crippen LogP contribution in [-0.4, -0.2) is 24.2 Å². The third-order valence-corrected chi connectivity index (χ3v) is 2.88. The second kappa shape index (κ2) is 5.48. The maximum atomic E-state index is 10.2. The van der Waals surface area contributed by atoms with Crippen molar-refractivity contribution in [1.29, 1.82) is 0 Å². The summed E-state index contributed by atoms with van der Waals surface area (Å²) in [6, 6.07) is -0.0942. The van der Waals surface area contributed by atoms with Crippen LogP contribution in [0.1, 0.15) is 32.6 Å². The van der Waals surface area contributed by atoms with Crippen LogP contribution < -0.4 is 0 Å². The van der Waals surface area contributed by atoms with E-state index in [-0.39, 0.29) is 18.0 Å². The lowest BCUT2D eigenvalue weighted by Gasteiger charge is -2.29. The molecule has 0 saturated heterocycles. The van der Waals surface area contributed by atoms with E-state index in [1.54, 1.807) is 12.2 Å². The molecule has 76 valence electrons. The average molecular weight is 194 g/mol. The van der Waals surface area contributed by atoms with Crippen LogP contribution in [0.5, 0.6) is 0 Å². The van der Waals surface area contributed by atoms with Gasteiger partial charge in [-0.05, 0) is 19.8 Å². The van der Waals surface area contributed by atoms with Gasteiger partial charge >= 0.3 is 0 Å². The summed E-state index contributed by atoms with van der Waals surface area (Å²) < 4.78 is 0. The molecule has 4 nitrogen and oxygen atoms in total. The van der Waals surface area contributed by atoms with Gasteiger partial charge in [-0.2, -0.15) is 0 Å². The summed E-state index contributed by atoms with van der Waals surface area (Å²) in [6.45, 7) is 1.87. The second-order valence-corrected chi connectivity index (χ2v) is 3.70. The molecule has 0 aliphatic heterocycles. The van der Waals surface area contributed by atoms with Gasteiger partial charge in [-0.1, -0.05) is 12.8 Å². The maximum Gasteiger partial charge on any atom is 0.235 e. The number of isocyanates is 2. The quantitative estimate of drug-likeness (QED) is 0.506. The number of hydrogen-bond donors (Lipinski definition) is 0. The van der Waals surface area contributed by atoms with E-state index >= 15 is 0 Å². The van der Waals surface area contributed by atoms with Gasteiger partial charge in [0.25, 0.3) is 0 Å². The normalized spacial score (nSPS) is 28.4. The smallest absolute Gasteiger partial charge is 0.211 e. The van der Waals surface area contributed by atoms with E-state index in [1.807, 2.05) is 6.92 Å². The predicted molar refractivity (Wildman–Crippen MR) is 51.5 cm³/mol. The minimum atomic E-state index is -0.0881. The molecular weight excluding hydrogens is 180 g/mol. The molecule has 0 aromatic rings. The molecule has 0 spiro atoms. The van der Waals surface area contributed by atoms with Gasteiger partial charge in [0.1, 0.15) is 0 Å². The third-order valence-electron chi connectivity index (χ3n) is 2.88. The first-order valence-corrected chi connectivity index (χ1v) is 4.93. The molecule has 0 aromatic heterocycles. The molecule has 1 rings (SSSR count). The summed E-state index contributed by atoms with van der Waals surface area (Å²) in [6.07, 6.45) is 7.24. The van der Waals surface area contributed by atoms with Crippen molar-refractivity contribution in [3.8, 4) is 0 Å². The van der Waals surface area contributed by atoms with Gasteiger partial charge < -0.3 is 0 Å². The molecule has 0 bridgehead atoms. The van der Waals surface area contributed by atoms with Gasteiger partial charge in [0.15, 0.2) is 0 Å². The van der Waals surface area contributed by atoms with Crippen LogP contribution in [0, 0.1) is 5.92 Å².